The lowest BCUT2D eigenvalue weighted by atomic mass is 10.1. The number of nitrogens with two attached hydrogens (primary N) is 1. The molecule has 0 saturated carbocycles. The van der Waals surface area contributed by atoms with Crippen molar-refractivity contribution in [3.63, 3.8) is 0 Å². The molecule has 0 fully saturated rings. The summed E-state index contributed by atoms with van der Waals surface area (Å²) in [5.41, 5.74) is 6.96. The maximum Gasteiger partial charge on any atom is 0.325 e. The molecule has 19 heavy (non-hydrogen) atoms. The maximum atomic E-state index is 12.0. The lowest BCUT2D eigenvalue weighted by Crippen LogP contribution is -2.33. The normalized spacial score (nSPS) is 9.42. The van der Waals surface area contributed by atoms with Crippen molar-refractivity contribution in [2.24, 2.45) is 5.73 Å². The molecule has 0 bridgehead atoms. The van der Waals surface area contributed by atoms with Gasteiger partial charge in [0.25, 0.3) is 5.91 Å². The molecule has 0 unspecified atom stereocenters. The molecule has 0 aliphatic rings. The number of hydrogen-bond donors (Lipinski definition) is 1. The molecule has 6 heteroatoms. The minimum atomic E-state index is -0.410. The van der Waals surface area contributed by atoms with E-state index in [-0.39, 0.29) is 24.9 Å². The molecule has 5 nitrogen and oxygen atoms in total. The van der Waals surface area contributed by atoms with Crippen LogP contribution in [0.4, 0.5) is 0 Å². The van der Waals surface area contributed by atoms with Crippen molar-refractivity contribution in [3.8, 4) is 0 Å². The molecule has 1 amide bonds. The van der Waals surface area contributed by atoms with Gasteiger partial charge in [-0.2, -0.15) is 0 Å². The molecule has 0 aromatic heterocycles. The van der Waals surface area contributed by atoms with E-state index < -0.39 is 5.97 Å². The number of likely N-dealkylation sites (N-methyl/N-ethyl adjacent to an activating group) is 1. The average Bonchev–Trinajstić information content (AvgIpc) is 2.38. The molecule has 106 valence electrons. The van der Waals surface area contributed by atoms with Crippen LogP contribution in [0.25, 0.3) is 0 Å². The first-order valence-corrected chi connectivity index (χ1v) is 5.78. The van der Waals surface area contributed by atoms with Crippen molar-refractivity contribution in [2.75, 3.05) is 20.2 Å². The van der Waals surface area contributed by atoms with Crippen LogP contribution >= 0.6 is 12.4 Å². The van der Waals surface area contributed by atoms with E-state index in [9.17, 15) is 9.59 Å². The summed E-state index contributed by atoms with van der Waals surface area (Å²) in [7, 11) is 1.57. The van der Waals surface area contributed by atoms with Gasteiger partial charge < -0.3 is 15.4 Å². The number of nitrogens with zero attached hydrogens (tertiary/aromatic N) is 1. The SMILES string of the molecule is CCOC(=O)CN(C)C(=O)c1ccc(CN)cc1.Cl. The van der Waals surface area contributed by atoms with Crippen molar-refractivity contribution < 1.29 is 14.3 Å². The van der Waals surface area contributed by atoms with Gasteiger partial charge in [-0.1, -0.05) is 12.1 Å². The molecule has 0 aliphatic carbocycles. The van der Waals surface area contributed by atoms with Crippen molar-refractivity contribution in [2.45, 2.75) is 13.5 Å². The van der Waals surface area contributed by atoms with Crippen LogP contribution in [0.15, 0.2) is 24.3 Å². The number of ether oxygens (including phenoxy) is 1. The predicted octanol–water partition coefficient (Wildman–Crippen LogP) is 1.20. The molecule has 1 aromatic rings. The lowest BCUT2D eigenvalue weighted by molar-refractivity contribution is -0.143. The van der Waals surface area contributed by atoms with Gasteiger partial charge in [-0.15, -0.1) is 12.4 Å². The van der Waals surface area contributed by atoms with Crippen molar-refractivity contribution in [1.29, 1.82) is 0 Å². The summed E-state index contributed by atoms with van der Waals surface area (Å²) < 4.78 is 4.79. The van der Waals surface area contributed by atoms with Gasteiger partial charge in [-0.3, -0.25) is 9.59 Å². The third-order valence-electron chi connectivity index (χ3n) is 2.45. The molecular weight excluding hydrogens is 268 g/mol. The zero-order valence-corrected chi connectivity index (χ0v) is 11.9. The van der Waals surface area contributed by atoms with Crippen molar-refractivity contribution in [3.05, 3.63) is 35.4 Å². The topological polar surface area (TPSA) is 72.6 Å². The quantitative estimate of drug-likeness (QED) is 0.826. The van der Waals surface area contributed by atoms with Gasteiger partial charge in [0.1, 0.15) is 6.54 Å². The Morgan fingerprint density at radius 2 is 1.84 bits per heavy atom. The fourth-order valence-electron chi connectivity index (χ4n) is 1.48. The first kappa shape index (κ1) is 17.4. The minimum absolute atomic E-state index is 0. The zero-order chi connectivity index (χ0) is 13.5. The number of halogens is 1. The molecule has 0 heterocycles. The molecule has 1 aromatic carbocycles. The van der Waals surface area contributed by atoms with Crippen molar-refractivity contribution >= 4 is 24.3 Å². The Kier molecular flexibility index (Phi) is 7.79. The minimum Gasteiger partial charge on any atom is -0.465 e. The van der Waals surface area contributed by atoms with Gasteiger partial charge in [0.05, 0.1) is 6.61 Å². The molecule has 1 rings (SSSR count). The van der Waals surface area contributed by atoms with E-state index in [4.69, 9.17) is 10.5 Å². The second kappa shape index (κ2) is 8.50. The average molecular weight is 287 g/mol. The number of hydrogen-bond acceptors (Lipinski definition) is 4. The smallest absolute Gasteiger partial charge is 0.325 e. The highest BCUT2D eigenvalue weighted by atomic mass is 35.5. The van der Waals surface area contributed by atoms with E-state index >= 15 is 0 Å². The van der Waals surface area contributed by atoms with E-state index in [1.165, 1.54) is 4.90 Å². The number of rotatable bonds is 5. The number of carbonyl (C=O) groups excluding carboxylic acids is 2. The van der Waals surface area contributed by atoms with Gasteiger partial charge in [0, 0.05) is 19.2 Å². The molecule has 0 radical (unpaired) electrons. The maximum absolute atomic E-state index is 12.0. The highest BCUT2D eigenvalue weighted by Crippen LogP contribution is 2.06. The summed E-state index contributed by atoms with van der Waals surface area (Å²) in [4.78, 5) is 24.6. The Bertz CT molecular complexity index is 420. The largest absolute Gasteiger partial charge is 0.465 e. The molecular formula is C13H19ClN2O3. The van der Waals surface area contributed by atoms with Crippen LogP contribution in [0.5, 0.6) is 0 Å². The monoisotopic (exact) mass is 286 g/mol. The Balaban J connectivity index is 0.00000324. The van der Waals surface area contributed by atoms with E-state index in [2.05, 4.69) is 0 Å². The Labute approximate surface area is 119 Å². The van der Waals surface area contributed by atoms with Gasteiger partial charge in [0.2, 0.25) is 0 Å². The Morgan fingerprint density at radius 3 is 2.32 bits per heavy atom. The molecule has 0 aliphatic heterocycles. The van der Waals surface area contributed by atoms with E-state index in [1.54, 1.807) is 38.2 Å². The van der Waals surface area contributed by atoms with Gasteiger partial charge in [-0.25, -0.2) is 0 Å². The highest BCUT2D eigenvalue weighted by Gasteiger charge is 2.15. The van der Waals surface area contributed by atoms with Gasteiger partial charge in [0.15, 0.2) is 0 Å². The van der Waals surface area contributed by atoms with Crippen LogP contribution in [-0.2, 0) is 16.1 Å². The van der Waals surface area contributed by atoms with Crippen molar-refractivity contribution in [1.82, 2.24) is 4.90 Å². The number of carbonyl (C=O) groups is 2. The Morgan fingerprint density at radius 1 is 1.26 bits per heavy atom. The first-order chi connectivity index (χ1) is 8.58. The van der Waals surface area contributed by atoms with E-state index in [0.29, 0.717) is 18.7 Å². The fourth-order valence-corrected chi connectivity index (χ4v) is 1.48. The summed E-state index contributed by atoms with van der Waals surface area (Å²) in [6.07, 6.45) is 0. The second-order valence-electron chi connectivity index (χ2n) is 3.87. The van der Waals surface area contributed by atoms with Crippen LogP contribution in [0.3, 0.4) is 0 Å². The van der Waals surface area contributed by atoms with Gasteiger partial charge >= 0.3 is 5.97 Å². The number of benzene rings is 1. The molecule has 0 atom stereocenters. The highest BCUT2D eigenvalue weighted by molar-refractivity contribution is 5.95. The third kappa shape index (κ3) is 5.28. The summed E-state index contributed by atoms with van der Waals surface area (Å²) in [5.74, 6) is -0.626. The fraction of sp³-hybridized carbons (Fsp3) is 0.385. The predicted molar refractivity (Wildman–Crippen MR) is 75.2 cm³/mol. The summed E-state index contributed by atoms with van der Waals surface area (Å²) >= 11 is 0. The Hall–Kier alpha value is -1.59. The summed E-state index contributed by atoms with van der Waals surface area (Å²) in [5, 5.41) is 0. The van der Waals surface area contributed by atoms with Crippen LogP contribution < -0.4 is 5.73 Å². The standard InChI is InChI=1S/C13H18N2O3.ClH/c1-3-18-12(16)9-15(2)13(17)11-6-4-10(8-14)5-7-11;/h4-7H,3,8-9,14H2,1-2H3;1H. The first-order valence-electron chi connectivity index (χ1n) is 5.78. The van der Waals surface area contributed by atoms with Crippen LogP contribution in [-0.4, -0.2) is 37.0 Å². The van der Waals surface area contributed by atoms with Gasteiger partial charge in [-0.05, 0) is 24.6 Å². The molecule has 2 N–H and O–H groups in total. The summed E-state index contributed by atoms with van der Waals surface area (Å²) in [6, 6.07) is 7.00. The second-order valence-corrected chi connectivity index (χ2v) is 3.87. The molecule has 0 saturated heterocycles. The van der Waals surface area contributed by atoms with E-state index in [0.717, 1.165) is 5.56 Å². The summed E-state index contributed by atoms with van der Waals surface area (Å²) in [6.45, 7) is 2.43. The number of esters is 1. The lowest BCUT2D eigenvalue weighted by Gasteiger charge is -2.16. The molecule has 0 spiro atoms. The van der Waals surface area contributed by atoms with Crippen LogP contribution in [0.2, 0.25) is 0 Å². The zero-order valence-electron chi connectivity index (χ0n) is 11.1. The van der Waals surface area contributed by atoms with Crippen LogP contribution in [0, 0.1) is 0 Å². The number of amides is 1. The van der Waals surface area contributed by atoms with Crippen LogP contribution in [0.1, 0.15) is 22.8 Å². The third-order valence-corrected chi connectivity index (χ3v) is 2.45. The van der Waals surface area contributed by atoms with E-state index in [1.807, 2.05) is 0 Å².